The summed E-state index contributed by atoms with van der Waals surface area (Å²) in [6.07, 6.45) is 0.633. The number of ether oxygens (including phenoxy) is 1. The number of benzene rings is 2. The Bertz CT molecular complexity index is 793. The summed E-state index contributed by atoms with van der Waals surface area (Å²) < 4.78 is 5.75. The first kappa shape index (κ1) is 16.5. The number of ketones is 1. The van der Waals surface area contributed by atoms with Crippen molar-refractivity contribution in [1.82, 2.24) is 0 Å². The molecule has 0 unspecified atom stereocenters. The van der Waals surface area contributed by atoms with Crippen molar-refractivity contribution in [2.24, 2.45) is 0 Å². The molecule has 0 aliphatic carbocycles. The van der Waals surface area contributed by atoms with Crippen molar-refractivity contribution < 1.29 is 14.3 Å². The third-order valence-electron chi connectivity index (χ3n) is 4.08. The van der Waals surface area contributed by atoms with Crippen LogP contribution in [0.25, 0.3) is 0 Å². The second kappa shape index (κ2) is 6.65. The molecule has 5 heteroatoms. The third-order valence-corrected chi connectivity index (χ3v) is 4.68. The number of hydrogen-bond acceptors (Lipinski definition) is 3. The molecule has 2 aromatic carbocycles. The van der Waals surface area contributed by atoms with E-state index >= 15 is 0 Å². The van der Waals surface area contributed by atoms with E-state index in [1.165, 1.54) is 4.90 Å². The van der Waals surface area contributed by atoms with Gasteiger partial charge in [-0.05, 0) is 55.7 Å². The van der Waals surface area contributed by atoms with Gasteiger partial charge in [-0.25, -0.2) is 0 Å². The monoisotopic (exact) mass is 343 g/mol. The maximum atomic E-state index is 12.1. The minimum absolute atomic E-state index is 0.435. The van der Waals surface area contributed by atoms with E-state index in [0.29, 0.717) is 30.8 Å². The van der Waals surface area contributed by atoms with Crippen LogP contribution in [-0.2, 0) is 4.79 Å². The zero-order valence-electron chi connectivity index (χ0n) is 13.6. The fourth-order valence-electron chi connectivity index (χ4n) is 2.87. The molecular formula is C19H18ClNO3. The van der Waals surface area contributed by atoms with E-state index in [1.54, 1.807) is 18.2 Å². The molecule has 0 bridgehead atoms. The number of carbonyl (C=O) groups is 2. The van der Waals surface area contributed by atoms with E-state index in [9.17, 15) is 9.59 Å². The van der Waals surface area contributed by atoms with Gasteiger partial charge in [0.25, 0.3) is 11.7 Å². The fraction of sp³-hybridized carbons (Fsp3) is 0.263. The molecule has 4 nitrogen and oxygen atoms in total. The average Bonchev–Trinajstić information content (AvgIpc) is 2.81. The van der Waals surface area contributed by atoms with Crippen LogP contribution in [0.1, 0.15) is 27.9 Å². The summed E-state index contributed by atoms with van der Waals surface area (Å²) in [5.41, 5.74) is 3.11. The van der Waals surface area contributed by atoms with Crippen molar-refractivity contribution in [3.8, 4) is 5.75 Å². The Morgan fingerprint density at radius 3 is 2.46 bits per heavy atom. The van der Waals surface area contributed by atoms with E-state index in [0.717, 1.165) is 21.9 Å². The number of anilines is 1. The maximum absolute atomic E-state index is 12.1. The maximum Gasteiger partial charge on any atom is 0.299 e. The Kier molecular flexibility index (Phi) is 4.58. The van der Waals surface area contributed by atoms with E-state index in [2.05, 4.69) is 0 Å². The number of fused-ring (bicyclic) bond motifs is 1. The minimum atomic E-state index is -0.464. The SMILES string of the molecule is Cc1cc(OCCCN2C(=O)C(=O)c3ccccc32)cc(C)c1Cl. The van der Waals surface area contributed by atoms with Gasteiger partial charge in [-0.15, -0.1) is 0 Å². The number of halogens is 1. The second-order valence-corrected chi connectivity index (χ2v) is 6.25. The highest BCUT2D eigenvalue weighted by Gasteiger charge is 2.34. The van der Waals surface area contributed by atoms with Gasteiger partial charge in [0.15, 0.2) is 0 Å². The van der Waals surface area contributed by atoms with Crippen LogP contribution >= 0.6 is 11.6 Å². The van der Waals surface area contributed by atoms with Crippen LogP contribution < -0.4 is 9.64 Å². The predicted molar refractivity (Wildman–Crippen MR) is 94.2 cm³/mol. The Labute approximate surface area is 146 Å². The van der Waals surface area contributed by atoms with E-state index in [-0.39, 0.29) is 0 Å². The summed E-state index contributed by atoms with van der Waals surface area (Å²) in [4.78, 5) is 25.5. The number of carbonyl (C=O) groups excluding carboxylic acids is 2. The van der Waals surface area contributed by atoms with Crippen LogP contribution in [0.4, 0.5) is 5.69 Å². The summed E-state index contributed by atoms with van der Waals surface area (Å²) in [6.45, 7) is 4.79. The number of hydrogen-bond donors (Lipinski definition) is 0. The van der Waals surface area contributed by atoms with E-state index < -0.39 is 11.7 Å². The highest BCUT2D eigenvalue weighted by atomic mass is 35.5. The van der Waals surface area contributed by atoms with Gasteiger partial charge in [-0.3, -0.25) is 9.59 Å². The zero-order chi connectivity index (χ0) is 17.3. The Balaban J connectivity index is 1.60. The molecular weight excluding hydrogens is 326 g/mol. The van der Waals surface area contributed by atoms with Crippen molar-refractivity contribution in [3.63, 3.8) is 0 Å². The normalized spacial score (nSPS) is 13.4. The van der Waals surface area contributed by atoms with Crippen molar-refractivity contribution in [2.45, 2.75) is 20.3 Å². The van der Waals surface area contributed by atoms with E-state index in [4.69, 9.17) is 16.3 Å². The molecule has 0 atom stereocenters. The fourth-order valence-corrected chi connectivity index (χ4v) is 2.98. The Morgan fingerprint density at radius 2 is 1.75 bits per heavy atom. The lowest BCUT2D eigenvalue weighted by Gasteiger charge is -2.16. The topological polar surface area (TPSA) is 46.6 Å². The summed E-state index contributed by atoms with van der Waals surface area (Å²) >= 11 is 6.14. The van der Waals surface area contributed by atoms with Crippen LogP contribution in [0.2, 0.25) is 5.02 Å². The van der Waals surface area contributed by atoms with Crippen LogP contribution in [0, 0.1) is 13.8 Å². The van der Waals surface area contributed by atoms with Gasteiger partial charge in [-0.2, -0.15) is 0 Å². The average molecular weight is 344 g/mol. The molecule has 0 saturated heterocycles. The molecule has 0 saturated carbocycles. The summed E-state index contributed by atoms with van der Waals surface area (Å²) in [5.74, 6) is -0.136. The second-order valence-electron chi connectivity index (χ2n) is 5.88. The molecule has 0 aromatic heterocycles. The standard InChI is InChI=1S/C19H18ClNO3/c1-12-10-14(11-13(2)17(12)20)24-9-5-8-21-16-7-4-3-6-15(16)18(22)19(21)23/h3-4,6-7,10-11H,5,8-9H2,1-2H3. The lowest BCUT2D eigenvalue weighted by atomic mass is 10.1. The van der Waals surface area contributed by atoms with Gasteiger partial charge < -0.3 is 9.64 Å². The van der Waals surface area contributed by atoms with Gasteiger partial charge >= 0.3 is 0 Å². The summed E-state index contributed by atoms with van der Waals surface area (Å²) in [6, 6.07) is 10.9. The lowest BCUT2D eigenvalue weighted by Crippen LogP contribution is -2.31. The predicted octanol–water partition coefficient (Wildman–Crippen LogP) is 3.96. The van der Waals surface area contributed by atoms with Crippen molar-refractivity contribution in [1.29, 1.82) is 0 Å². The van der Waals surface area contributed by atoms with Crippen LogP contribution in [0.3, 0.4) is 0 Å². The molecule has 3 rings (SSSR count). The highest BCUT2D eigenvalue weighted by Crippen LogP contribution is 2.29. The Hall–Kier alpha value is -2.33. The lowest BCUT2D eigenvalue weighted by molar-refractivity contribution is -0.114. The van der Waals surface area contributed by atoms with Gasteiger partial charge in [0.2, 0.25) is 0 Å². The molecule has 0 N–H and O–H groups in total. The quantitative estimate of drug-likeness (QED) is 0.610. The molecule has 0 radical (unpaired) electrons. The largest absolute Gasteiger partial charge is 0.494 e. The van der Waals surface area contributed by atoms with Crippen molar-refractivity contribution in [3.05, 3.63) is 58.1 Å². The molecule has 2 aromatic rings. The van der Waals surface area contributed by atoms with Gasteiger partial charge in [0, 0.05) is 11.6 Å². The van der Waals surface area contributed by atoms with Gasteiger partial charge in [0.1, 0.15) is 5.75 Å². The third kappa shape index (κ3) is 3.02. The number of nitrogens with zero attached hydrogens (tertiary/aromatic N) is 1. The van der Waals surface area contributed by atoms with Crippen molar-refractivity contribution >= 4 is 29.0 Å². The van der Waals surface area contributed by atoms with Crippen molar-refractivity contribution in [2.75, 3.05) is 18.1 Å². The minimum Gasteiger partial charge on any atom is -0.494 e. The molecule has 1 aliphatic heterocycles. The first-order chi connectivity index (χ1) is 11.5. The summed E-state index contributed by atoms with van der Waals surface area (Å²) in [5, 5.41) is 0.750. The molecule has 1 amide bonds. The van der Waals surface area contributed by atoms with Gasteiger partial charge in [-0.1, -0.05) is 23.7 Å². The van der Waals surface area contributed by atoms with Crippen LogP contribution in [0.15, 0.2) is 36.4 Å². The molecule has 0 fully saturated rings. The molecule has 0 spiro atoms. The van der Waals surface area contributed by atoms with Crippen LogP contribution in [-0.4, -0.2) is 24.8 Å². The Morgan fingerprint density at radius 1 is 1.08 bits per heavy atom. The molecule has 1 aliphatic rings. The zero-order valence-corrected chi connectivity index (χ0v) is 14.4. The number of aryl methyl sites for hydroxylation is 2. The number of amides is 1. The number of rotatable bonds is 5. The van der Waals surface area contributed by atoms with Crippen LogP contribution in [0.5, 0.6) is 5.75 Å². The molecule has 1 heterocycles. The van der Waals surface area contributed by atoms with Gasteiger partial charge in [0.05, 0.1) is 17.9 Å². The number of Topliss-reactive ketones (excluding diaryl/α,β-unsaturated/α-hetero) is 1. The molecule has 24 heavy (non-hydrogen) atoms. The summed E-state index contributed by atoms with van der Waals surface area (Å²) in [7, 11) is 0. The number of para-hydroxylation sites is 1. The first-order valence-electron chi connectivity index (χ1n) is 7.84. The highest BCUT2D eigenvalue weighted by molar-refractivity contribution is 6.52. The van der Waals surface area contributed by atoms with E-state index in [1.807, 2.05) is 32.0 Å². The molecule has 124 valence electrons. The first-order valence-corrected chi connectivity index (χ1v) is 8.21. The smallest absolute Gasteiger partial charge is 0.299 e.